The molecule has 0 spiro atoms. The molecule has 0 saturated carbocycles. The van der Waals surface area contributed by atoms with E-state index in [9.17, 15) is 8.42 Å². The van der Waals surface area contributed by atoms with Gasteiger partial charge < -0.3 is 4.74 Å². The average Bonchev–Trinajstić information content (AvgIpc) is 2.75. The molecule has 2 heterocycles. The highest BCUT2D eigenvalue weighted by Gasteiger charge is 2.34. The zero-order valence-electron chi connectivity index (χ0n) is 9.68. The molecule has 1 aliphatic rings. The van der Waals surface area contributed by atoms with Crippen molar-refractivity contribution in [3.63, 3.8) is 0 Å². The quantitative estimate of drug-likeness (QED) is 0.764. The predicted octanol–water partition coefficient (Wildman–Crippen LogP) is 2.57. The third-order valence-corrected chi connectivity index (χ3v) is 6.86. The Kier molecular flexibility index (Phi) is 4.72. The summed E-state index contributed by atoms with van der Waals surface area (Å²) in [6, 6.07) is 3.15. The Morgan fingerprint density at radius 3 is 2.83 bits per heavy atom. The molecule has 1 aromatic heterocycles. The molecule has 2 unspecified atom stereocenters. The number of nitrogens with zero attached hydrogens (tertiary/aromatic N) is 1. The first kappa shape index (κ1) is 14.7. The van der Waals surface area contributed by atoms with Gasteiger partial charge in [0, 0.05) is 18.4 Å². The Bertz CT molecular complexity index is 519. The molecule has 1 aromatic rings. The molecule has 0 aliphatic carbocycles. The normalized spacial score (nSPS) is 26.4. The Hall–Kier alpha value is 0.340. The molecule has 1 saturated heterocycles. The van der Waals surface area contributed by atoms with Gasteiger partial charge in [0.25, 0.3) is 10.0 Å². The minimum absolute atomic E-state index is 0.105. The second kappa shape index (κ2) is 5.76. The zero-order valence-corrected chi connectivity index (χ0v) is 13.7. The Morgan fingerprint density at radius 1 is 1.56 bits per heavy atom. The molecule has 2 rings (SSSR count). The molecular weight excluding hydrogens is 362 g/mol. The summed E-state index contributed by atoms with van der Waals surface area (Å²) in [5, 5.41) is 0.620. The van der Waals surface area contributed by atoms with Crippen LogP contribution < -0.4 is 0 Å². The number of hydrogen-bond acceptors (Lipinski definition) is 4. The number of morpholine rings is 1. The molecule has 0 bridgehead atoms. The van der Waals surface area contributed by atoms with Gasteiger partial charge in [-0.1, -0.05) is 27.5 Å². The van der Waals surface area contributed by atoms with Crippen molar-refractivity contribution in [2.75, 3.05) is 18.4 Å². The van der Waals surface area contributed by atoms with Crippen molar-refractivity contribution < 1.29 is 13.2 Å². The molecule has 4 nitrogen and oxygen atoms in total. The largest absolute Gasteiger partial charge is 0.372 e. The van der Waals surface area contributed by atoms with Crippen LogP contribution in [-0.2, 0) is 14.8 Å². The van der Waals surface area contributed by atoms with Gasteiger partial charge in [0.2, 0.25) is 0 Å². The van der Waals surface area contributed by atoms with Gasteiger partial charge in [-0.05, 0) is 19.1 Å². The topological polar surface area (TPSA) is 46.6 Å². The minimum Gasteiger partial charge on any atom is -0.372 e. The van der Waals surface area contributed by atoms with Crippen molar-refractivity contribution in [1.82, 2.24) is 4.31 Å². The van der Waals surface area contributed by atoms with E-state index in [0.717, 1.165) is 11.3 Å². The van der Waals surface area contributed by atoms with Crippen LogP contribution in [0.15, 0.2) is 16.3 Å². The third-order valence-electron chi connectivity index (χ3n) is 2.61. The van der Waals surface area contributed by atoms with Crippen LogP contribution in [0.25, 0.3) is 0 Å². The van der Waals surface area contributed by atoms with Crippen LogP contribution >= 0.6 is 38.9 Å². The predicted molar refractivity (Wildman–Crippen MR) is 76.2 cm³/mol. The van der Waals surface area contributed by atoms with Crippen molar-refractivity contribution in [2.24, 2.45) is 0 Å². The fourth-order valence-corrected chi connectivity index (χ4v) is 5.39. The standard InChI is InChI=1S/C10H13BrClNO3S2/c1-7-5-13(6-8(4-11)16-7)18(14,15)10-3-2-9(12)17-10/h2-3,7-8H,4-6H2,1H3. The van der Waals surface area contributed by atoms with E-state index in [-0.39, 0.29) is 16.4 Å². The molecule has 2 atom stereocenters. The number of rotatable bonds is 3. The highest BCUT2D eigenvalue weighted by molar-refractivity contribution is 9.09. The van der Waals surface area contributed by atoms with E-state index < -0.39 is 10.0 Å². The summed E-state index contributed by atoms with van der Waals surface area (Å²) in [6.07, 6.45) is -0.217. The fourth-order valence-electron chi connectivity index (χ4n) is 1.85. The molecular formula is C10H13BrClNO3S2. The van der Waals surface area contributed by atoms with E-state index in [2.05, 4.69) is 15.9 Å². The van der Waals surface area contributed by atoms with Gasteiger partial charge in [0.1, 0.15) is 4.21 Å². The Balaban J connectivity index is 2.24. The zero-order chi connectivity index (χ0) is 13.3. The molecule has 0 radical (unpaired) electrons. The maximum atomic E-state index is 12.4. The maximum Gasteiger partial charge on any atom is 0.252 e. The first-order valence-corrected chi connectivity index (χ1v) is 9.16. The van der Waals surface area contributed by atoms with Gasteiger partial charge in [-0.3, -0.25) is 0 Å². The molecule has 102 valence electrons. The van der Waals surface area contributed by atoms with Crippen molar-refractivity contribution in [2.45, 2.75) is 23.3 Å². The monoisotopic (exact) mass is 373 g/mol. The van der Waals surface area contributed by atoms with Gasteiger partial charge in [0.05, 0.1) is 16.5 Å². The van der Waals surface area contributed by atoms with Crippen molar-refractivity contribution >= 4 is 48.9 Å². The SMILES string of the molecule is CC1CN(S(=O)(=O)c2ccc(Cl)s2)CC(CBr)O1. The molecule has 1 aliphatic heterocycles. The summed E-state index contributed by atoms with van der Waals surface area (Å²) in [6.45, 7) is 2.62. The summed E-state index contributed by atoms with van der Waals surface area (Å²) in [5.74, 6) is 0. The van der Waals surface area contributed by atoms with Gasteiger partial charge in [-0.2, -0.15) is 4.31 Å². The number of alkyl halides is 1. The van der Waals surface area contributed by atoms with Crippen LogP contribution in [0.5, 0.6) is 0 Å². The first-order chi connectivity index (χ1) is 8.43. The van der Waals surface area contributed by atoms with Crippen LogP contribution in [0, 0.1) is 0 Å². The first-order valence-electron chi connectivity index (χ1n) is 5.40. The summed E-state index contributed by atoms with van der Waals surface area (Å²) < 4.78 is 32.7. The highest BCUT2D eigenvalue weighted by atomic mass is 79.9. The summed E-state index contributed by atoms with van der Waals surface area (Å²) in [7, 11) is -3.45. The number of halogens is 2. The average molecular weight is 375 g/mol. The van der Waals surface area contributed by atoms with Crippen LogP contribution in [0.2, 0.25) is 4.34 Å². The van der Waals surface area contributed by atoms with Gasteiger partial charge >= 0.3 is 0 Å². The molecule has 0 amide bonds. The second-order valence-corrected chi connectivity index (χ2v) is 8.63. The third kappa shape index (κ3) is 3.08. The lowest BCUT2D eigenvalue weighted by Gasteiger charge is -2.34. The highest BCUT2D eigenvalue weighted by Crippen LogP contribution is 2.29. The second-order valence-electron chi connectivity index (χ2n) is 4.10. The lowest BCUT2D eigenvalue weighted by atomic mass is 10.3. The summed E-state index contributed by atoms with van der Waals surface area (Å²) in [4.78, 5) is 0. The van der Waals surface area contributed by atoms with Crippen molar-refractivity contribution in [1.29, 1.82) is 0 Å². The minimum atomic E-state index is -3.45. The molecule has 8 heteroatoms. The maximum absolute atomic E-state index is 12.4. The van der Waals surface area contributed by atoms with Crippen LogP contribution in [0.3, 0.4) is 0 Å². The van der Waals surface area contributed by atoms with Gasteiger partial charge in [-0.25, -0.2) is 8.42 Å². The van der Waals surface area contributed by atoms with E-state index in [4.69, 9.17) is 16.3 Å². The molecule has 1 fully saturated rings. The van der Waals surface area contributed by atoms with E-state index in [1.54, 1.807) is 12.1 Å². The van der Waals surface area contributed by atoms with E-state index >= 15 is 0 Å². The molecule has 18 heavy (non-hydrogen) atoms. The smallest absolute Gasteiger partial charge is 0.252 e. The molecule has 0 N–H and O–H groups in total. The Labute approximate surface area is 124 Å². The van der Waals surface area contributed by atoms with Crippen LogP contribution in [0.1, 0.15) is 6.92 Å². The number of thiophene rings is 1. The van der Waals surface area contributed by atoms with E-state index in [1.165, 1.54) is 4.31 Å². The van der Waals surface area contributed by atoms with Gasteiger partial charge in [-0.15, -0.1) is 11.3 Å². The van der Waals surface area contributed by atoms with Crippen molar-refractivity contribution in [3.05, 3.63) is 16.5 Å². The fraction of sp³-hybridized carbons (Fsp3) is 0.600. The van der Waals surface area contributed by atoms with Crippen LogP contribution in [-0.4, -0.2) is 43.4 Å². The lowest BCUT2D eigenvalue weighted by molar-refractivity contribution is -0.0410. The van der Waals surface area contributed by atoms with Crippen LogP contribution in [0.4, 0.5) is 0 Å². The van der Waals surface area contributed by atoms with Crippen molar-refractivity contribution in [3.8, 4) is 0 Å². The lowest BCUT2D eigenvalue weighted by Crippen LogP contribution is -2.49. The Morgan fingerprint density at radius 2 is 2.28 bits per heavy atom. The summed E-state index contributed by atoms with van der Waals surface area (Å²) in [5.41, 5.74) is 0. The van der Waals surface area contributed by atoms with Gasteiger partial charge in [0.15, 0.2) is 0 Å². The van der Waals surface area contributed by atoms with E-state index in [1.807, 2.05) is 6.92 Å². The van der Waals surface area contributed by atoms with E-state index in [0.29, 0.717) is 22.8 Å². The number of hydrogen-bond donors (Lipinski definition) is 0. The number of ether oxygens (including phenoxy) is 1. The number of sulfonamides is 1. The summed E-state index contributed by atoms with van der Waals surface area (Å²) >= 11 is 10.2. The molecule has 0 aromatic carbocycles.